The van der Waals surface area contributed by atoms with E-state index in [1.54, 1.807) is 7.11 Å². The molecule has 1 aromatic carbocycles. The topological polar surface area (TPSA) is 48.0 Å². The van der Waals surface area contributed by atoms with Gasteiger partial charge in [-0.1, -0.05) is 18.2 Å². The van der Waals surface area contributed by atoms with E-state index in [0.29, 0.717) is 6.61 Å². The van der Waals surface area contributed by atoms with Crippen LogP contribution in [0.2, 0.25) is 0 Å². The van der Waals surface area contributed by atoms with Crippen molar-refractivity contribution in [2.75, 3.05) is 40.0 Å². The number of rotatable bonds is 5. The van der Waals surface area contributed by atoms with Crippen LogP contribution in [0.5, 0.6) is 5.75 Å². The van der Waals surface area contributed by atoms with Crippen molar-refractivity contribution in [3.8, 4) is 5.75 Å². The van der Waals surface area contributed by atoms with Crippen molar-refractivity contribution in [3.05, 3.63) is 30.3 Å². The monoisotopic (exact) mass is 319 g/mol. The molecule has 126 valence electrons. The standard InChI is InChI=1S/C18H25NO4/c1-21-12-16-11-18(14-23-16)7-9-19(10-8-18)17(20)13-22-15-5-3-2-4-6-15/h2-6,16H,7-14H2,1H3. The predicted octanol–water partition coefficient (Wildman–Crippen LogP) is 2.11. The molecule has 3 rings (SSSR count). The lowest BCUT2D eigenvalue weighted by Gasteiger charge is -2.38. The normalized spacial score (nSPS) is 23.2. The minimum absolute atomic E-state index is 0.0658. The number of carbonyl (C=O) groups excluding carboxylic acids is 1. The molecule has 1 aromatic rings. The molecule has 2 saturated heterocycles. The van der Waals surface area contributed by atoms with E-state index < -0.39 is 0 Å². The summed E-state index contributed by atoms with van der Waals surface area (Å²) in [7, 11) is 1.71. The highest BCUT2D eigenvalue weighted by Gasteiger charge is 2.42. The van der Waals surface area contributed by atoms with E-state index in [0.717, 1.165) is 44.7 Å². The van der Waals surface area contributed by atoms with E-state index in [-0.39, 0.29) is 24.0 Å². The summed E-state index contributed by atoms with van der Waals surface area (Å²) in [6.07, 6.45) is 3.27. The van der Waals surface area contributed by atoms with E-state index >= 15 is 0 Å². The van der Waals surface area contributed by atoms with Gasteiger partial charge in [-0.05, 0) is 36.8 Å². The minimum Gasteiger partial charge on any atom is -0.484 e. The number of carbonyl (C=O) groups is 1. The second-order valence-electron chi connectivity index (χ2n) is 6.57. The molecule has 5 heteroatoms. The Kier molecular flexibility index (Phi) is 5.18. The molecule has 2 aliphatic heterocycles. The Labute approximate surface area is 137 Å². The molecule has 0 saturated carbocycles. The number of hydrogen-bond donors (Lipinski definition) is 0. The highest BCUT2D eigenvalue weighted by atomic mass is 16.5. The van der Waals surface area contributed by atoms with Gasteiger partial charge < -0.3 is 19.1 Å². The number of ether oxygens (including phenoxy) is 3. The van der Waals surface area contributed by atoms with Gasteiger partial charge >= 0.3 is 0 Å². The van der Waals surface area contributed by atoms with Crippen molar-refractivity contribution in [2.24, 2.45) is 5.41 Å². The molecule has 23 heavy (non-hydrogen) atoms. The fourth-order valence-electron chi connectivity index (χ4n) is 3.52. The molecule has 2 heterocycles. The number of hydrogen-bond acceptors (Lipinski definition) is 4. The fourth-order valence-corrected chi connectivity index (χ4v) is 3.52. The first-order valence-electron chi connectivity index (χ1n) is 8.27. The Bertz CT molecular complexity index is 511. The molecule has 5 nitrogen and oxygen atoms in total. The molecule has 1 amide bonds. The van der Waals surface area contributed by atoms with E-state index in [1.165, 1.54) is 0 Å². The predicted molar refractivity (Wildman–Crippen MR) is 86.4 cm³/mol. The van der Waals surface area contributed by atoms with Crippen LogP contribution in [0.4, 0.5) is 0 Å². The number of likely N-dealkylation sites (tertiary alicyclic amines) is 1. The lowest BCUT2D eigenvalue weighted by molar-refractivity contribution is -0.135. The molecule has 1 atom stereocenters. The van der Waals surface area contributed by atoms with Gasteiger partial charge in [-0.2, -0.15) is 0 Å². The summed E-state index contributed by atoms with van der Waals surface area (Å²) in [4.78, 5) is 14.2. The van der Waals surface area contributed by atoms with Crippen LogP contribution in [0, 0.1) is 5.41 Å². The lowest BCUT2D eigenvalue weighted by Crippen LogP contribution is -2.45. The Morgan fingerprint density at radius 1 is 1.30 bits per heavy atom. The van der Waals surface area contributed by atoms with E-state index in [2.05, 4.69) is 0 Å². The zero-order valence-electron chi connectivity index (χ0n) is 13.7. The highest BCUT2D eigenvalue weighted by Crippen LogP contribution is 2.41. The second kappa shape index (κ2) is 7.32. The second-order valence-corrected chi connectivity index (χ2v) is 6.57. The fraction of sp³-hybridized carbons (Fsp3) is 0.611. The third kappa shape index (κ3) is 4.03. The van der Waals surface area contributed by atoms with Gasteiger partial charge in [0.25, 0.3) is 5.91 Å². The zero-order chi connectivity index (χ0) is 16.1. The maximum absolute atomic E-state index is 12.3. The molecule has 1 spiro atoms. The van der Waals surface area contributed by atoms with Crippen LogP contribution in [0.15, 0.2) is 30.3 Å². The summed E-state index contributed by atoms with van der Waals surface area (Å²) in [6.45, 7) is 3.15. The van der Waals surface area contributed by atoms with Crippen LogP contribution in [0.3, 0.4) is 0 Å². The number of piperidine rings is 1. The molecular weight excluding hydrogens is 294 g/mol. The average molecular weight is 319 g/mol. The molecule has 0 aliphatic carbocycles. The molecular formula is C18H25NO4. The Hall–Kier alpha value is -1.59. The van der Waals surface area contributed by atoms with E-state index in [9.17, 15) is 4.79 Å². The van der Waals surface area contributed by atoms with E-state index in [1.807, 2.05) is 35.2 Å². The number of amides is 1. The smallest absolute Gasteiger partial charge is 0.260 e. The highest BCUT2D eigenvalue weighted by molar-refractivity contribution is 5.77. The summed E-state index contributed by atoms with van der Waals surface area (Å²) >= 11 is 0. The first kappa shape index (κ1) is 16.3. The molecule has 2 fully saturated rings. The lowest BCUT2D eigenvalue weighted by atomic mass is 9.76. The quantitative estimate of drug-likeness (QED) is 0.834. The van der Waals surface area contributed by atoms with Crippen LogP contribution in [-0.2, 0) is 14.3 Å². The average Bonchev–Trinajstić information content (AvgIpc) is 2.97. The van der Waals surface area contributed by atoms with Gasteiger partial charge in [0, 0.05) is 20.2 Å². The summed E-state index contributed by atoms with van der Waals surface area (Å²) in [5.74, 6) is 0.803. The maximum atomic E-state index is 12.3. The van der Waals surface area contributed by atoms with Crippen molar-refractivity contribution in [2.45, 2.75) is 25.4 Å². The number of methoxy groups -OCH3 is 1. The number of para-hydroxylation sites is 1. The summed E-state index contributed by atoms with van der Waals surface area (Å²) in [6, 6.07) is 9.47. The summed E-state index contributed by atoms with van der Waals surface area (Å²) < 4.78 is 16.6. The molecule has 0 radical (unpaired) electrons. The van der Waals surface area contributed by atoms with Crippen LogP contribution >= 0.6 is 0 Å². The van der Waals surface area contributed by atoms with Crippen LogP contribution in [-0.4, -0.2) is 56.9 Å². The summed E-state index contributed by atoms with van der Waals surface area (Å²) in [5.41, 5.74) is 0.236. The van der Waals surface area contributed by atoms with Gasteiger partial charge in [-0.3, -0.25) is 4.79 Å². The molecule has 0 N–H and O–H groups in total. The Balaban J connectivity index is 1.44. The van der Waals surface area contributed by atoms with Gasteiger partial charge in [-0.15, -0.1) is 0 Å². The third-order valence-corrected chi connectivity index (χ3v) is 4.92. The maximum Gasteiger partial charge on any atom is 0.260 e. The molecule has 2 aliphatic rings. The first-order chi connectivity index (χ1) is 11.2. The number of benzene rings is 1. The third-order valence-electron chi connectivity index (χ3n) is 4.92. The van der Waals surface area contributed by atoms with Crippen molar-refractivity contribution < 1.29 is 19.0 Å². The Morgan fingerprint density at radius 3 is 2.74 bits per heavy atom. The largest absolute Gasteiger partial charge is 0.484 e. The van der Waals surface area contributed by atoms with Crippen molar-refractivity contribution in [1.29, 1.82) is 0 Å². The first-order valence-corrected chi connectivity index (χ1v) is 8.27. The van der Waals surface area contributed by atoms with Crippen molar-refractivity contribution in [1.82, 2.24) is 4.90 Å². The van der Waals surface area contributed by atoms with E-state index in [4.69, 9.17) is 14.2 Å². The minimum atomic E-state index is 0.0658. The SMILES string of the molecule is COCC1CC2(CCN(C(=O)COc3ccccc3)CC2)CO1. The molecule has 0 bridgehead atoms. The van der Waals surface area contributed by atoms with Crippen LogP contribution < -0.4 is 4.74 Å². The van der Waals surface area contributed by atoms with Gasteiger partial charge in [-0.25, -0.2) is 0 Å². The van der Waals surface area contributed by atoms with Gasteiger partial charge in [0.2, 0.25) is 0 Å². The number of nitrogens with zero attached hydrogens (tertiary/aromatic N) is 1. The van der Waals surface area contributed by atoms with Gasteiger partial charge in [0.1, 0.15) is 5.75 Å². The van der Waals surface area contributed by atoms with Gasteiger partial charge in [0.15, 0.2) is 6.61 Å². The summed E-state index contributed by atoms with van der Waals surface area (Å²) in [5, 5.41) is 0. The van der Waals surface area contributed by atoms with Crippen molar-refractivity contribution >= 4 is 5.91 Å². The Morgan fingerprint density at radius 2 is 2.04 bits per heavy atom. The van der Waals surface area contributed by atoms with Gasteiger partial charge in [0.05, 0.1) is 19.3 Å². The zero-order valence-corrected chi connectivity index (χ0v) is 13.7. The van der Waals surface area contributed by atoms with Crippen molar-refractivity contribution in [3.63, 3.8) is 0 Å². The van der Waals surface area contributed by atoms with Crippen LogP contribution in [0.25, 0.3) is 0 Å². The molecule has 1 unspecified atom stereocenters. The molecule has 0 aromatic heterocycles. The van der Waals surface area contributed by atoms with Crippen LogP contribution in [0.1, 0.15) is 19.3 Å².